The van der Waals surface area contributed by atoms with Gasteiger partial charge < -0.3 is 0 Å². The Kier molecular flexibility index (Phi) is 8.42. The number of halogens is 6. The Bertz CT molecular complexity index is 1240. The van der Waals surface area contributed by atoms with Crippen molar-refractivity contribution in [3.63, 3.8) is 0 Å². The van der Waals surface area contributed by atoms with Gasteiger partial charge in [0.05, 0.1) is 21.5 Å². The Morgan fingerprint density at radius 3 is 1.19 bits per heavy atom. The van der Waals surface area contributed by atoms with Crippen LogP contribution >= 0.6 is 31.9 Å². The van der Waals surface area contributed by atoms with Crippen LogP contribution < -0.4 is 0 Å². The van der Waals surface area contributed by atoms with Gasteiger partial charge in [0.15, 0.2) is 5.78 Å². The fraction of sp³-hybridized carbons (Fsp3) is 0.138. The minimum atomic E-state index is -0.879. The molecular weight excluding hydrogens is 600 g/mol. The van der Waals surface area contributed by atoms with Crippen LogP contribution in [-0.4, -0.2) is 5.78 Å². The van der Waals surface area contributed by atoms with Crippen LogP contribution in [0.4, 0.5) is 17.6 Å². The third kappa shape index (κ3) is 5.95. The average molecular weight is 620 g/mol. The molecule has 4 atom stereocenters. The van der Waals surface area contributed by atoms with Gasteiger partial charge in [-0.1, -0.05) is 80.4 Å². The van der Waals surface area contributed by atoms with Crippen LogP contribution in [0.3, 0.4) is 0 Å². The molecule has 184 valence electrons. The van der Waals surface area contributed by atoms with Gasteiger partial charge >= 0.3 is 0 Å². The van der Waals surface area contributed by atoms with Gasteiger partial charge in [0.1, 0.15) is 23.3 Å². The molecule has 0 amide bonds. The lowest BCUT2D eigenvalue weighted by Crippen LogP contribution is -2.27. The smallest absolute Gasteiger partial charge is 0.150 e. The lowest BCUT2D eigenvalue weighted by molar-refractivity contribution is -0.122. The molecule has 4 unspecified atom stereocenters. The average Bonchev–Trinajstić information content (AvgIpc) is 2.86. The maximum Gasteiger partial charge on any atom is 0.150 e. The van der Waals surface area contributed by atoms with Crippen LogP contribution in [-0.2, 0) is 4.79 Å². The first-order valence-corrected chi connectivity index (χ1v) is 12.9. The van der Waals surface area contributed by atoms with Crippen LogP contribution in [0, 0.1) is 23.3 Å². The third-order valence-corrected chi connectivity index (χ3v) is 8.11. The summed E-state index contributed by atoms with van der Waals surface area (Å²) in [4.78, 5) is 13.0. The summed E-state index contributed by atoms with van der Waals surface area (Å²) >= 11 is 7.19. The van der Waals surface area contributed by atoms with Gasteiger partial charge in [0.25, 0.3) is 0 Å². The number of hydrogen-bond acceptors (Lipinski definition) is 1. The normalized spacial score (nSPS) is 14.6. The van der Waals surface area contributed by atoms with Crippen LogP contribution in [0.1, 0.15) is 43.7 Å². The van der Waals surface area contributed by atoms with E-state index in [9.17, 15) is 22.4 Å². The minimum Gasteiger partial charge on any atom is -0.298 e. The van der Waals surface area contributed by atoms with E-state index in [1.807, 2.05) is 0 Å². The number of alkyl halides is 2. The second kappa shape index (κ2) is 11.5. The molecule has 0 aromatic heterocycles. The van der Waals surface area contributed by atoms with E-state index >= 15 is 0 Å². The van der Waals surface area contributed by atoms with E-state index in [0.29, 0.717) is 22.3 Å². The Hall–Kier alpha value is -2.77. The van der Waals surface area contributed by atoms with Crippen molar-refractivity contribution in [3.8, 4) is 0 Å². The summed E-state index contributed by atoms with van der Waals surface area (Å²) in [6.07, 6.45) is 0. The van der Waals surface area contributed by atoms with Crippen molar-refractivity contribution < 1.29 is 22.4 Å². The topological polar surface area (TPSA) is 17.1 Å². The number of rotatable bonds is 8. The van der Waals surface area contributed by atoms with Gasteiger partial charge in [-0.3, -0.25) is 4.79 Å². The van der Waals surface area contributed by atoms with Gasteiger partial charge in [-0.25, -0.2) is 17.6 Å². The van der Waals surface area contributed by atoms with Gasteiger partial charge in [-0.2, -0.15) is 0 Å². The first kappa shape index (κ1) is 26.3. The number of ketones is 1. The van der Waals surface area contributed by atoms with E-state index in [2.05, 4.69) is 31.9 Å². The maximum absolute atomic E-state index is 14.4. The standard InChI is InChI=1S/C29H20Br2F4O/c30-27(19-3-1-5-23(34)15-19)25(17-7-11-21(32)12-8-17)29(36)26(18-9-13-22(33)14-10-18)28(31)20-4-2-6-24(35)16-20/h1-16,25-28H. The van der Waals surface area contributed by atoms with E-state index in [-0.39, 0.29) is 5.78 Å². The van der Waals surface area contributed by atoms with Crippen molar-refractivity contribution in [2.24, 2.45) is 0 Å². The Morgan fingerprint density at radius 1 is 0.500 bits per heavy atom. The molecule has 0 spiro atoms. The first-order valence-electron chi connectivity index (χ1n) is 11.1. The highest BCUT2D eigenvalue weighted by molar-refractivity contribution is 9.09. The van der Waals surface area contributed by atoms with Crippen molar-refractivity contribution in [1.82, 2.24) is 0 Å². The van der Waals surface area contributed by atoms with Gasteiger partial charge in [0, 0.05) is 0 Å². The SMILES string of the molecule is O=C(C(c1ccc(F)cc1)C(Br)c1cccc(F)c1)C(c1ccc(F)cc1)C(Br)c1cccc(F)c1. The molecule has 0 N–H and O–H groups in total. The highest BCUT2D eigenvalue weighted by Crippen LogP contribution is 2.47. The van der Waals surface area contributed by atoms with Crippen molar-refractivity contribution in [2.45, 2.75) is 21.5 Å². The molecule has 7 heteroatoms. The lowest BCUT2D eigenvalue weighted by Gasteiger charge is -2.30. The van der Waals surface area contributed by atoms with Crippen molar-refractivity contribution >= 4 is 37.6 Å². The number of benzene rings is 4. The molecular formula is C29H20Br2F4O. The molecule has 0 radical (unpaired) electrons. The molecule has 0 bridgehead atoms. The monoisotopic (exact) mass is 618 g/mol. The molecule has 0 aliphatic heterocycles. The summed E-state index contributed by atoms with van der Waals surface area (Å²) in [6, 6.07) is 22.8. The highest BCUT2D eigenvalue weighted by Gasteiger charge is 2.38. The largest absolute Gasteiger partial charge is 0.298 e. The predicted molar refractivity (Wildman–Crippen MR) is 139 cm³/mol. The molecule has 0 aliphatic rings. The van der Waals surface area contributed by atoms with E-state index in [1.165, 1.54) is 72.8 Å². The molecule has 4 aromatic carbocycles. The van der Waals surface area contributed by atoms with Crippen LogP contribution in [0.25, 0.3) is 0 Å². The first-order chi connectivity index (χ1) is 17.2. The molecule has 1 nitrogen and oxygen atoms in total. The van der Waals surface area contributed by atoms with Gasteiger partial charge in [-0.15, -0.1) is 0 Å². The van der Waals surface area contributed by atoms with Crippen molar-refractivity contribution in [2.75, 3.05) is 0 Å². The van der Waals surface area contributed by atoms with Crippen molar-refractivity contribution in [1.29, 1.82) is 0 Å². The molecule has 0 saturated heterocycles. The minimum absolute atomic E-state index is 0.300. The number of Topliss-reactive ketones (excluding diaryl/α,β-unsaturated/α-hetero) is 1. The van der Waals surface area contributed by atoms with Crippen LogP contribution in [0.5, 0.6) is 0 Å². The molecule has 36 heavy (non-hydrogen) atoms. The second-order valence-corrected chi connectivity index (χ2v) is 10.3. The zero-order valence-electron chi connectivity index (χ0n) is 18.7. The number of carbonyl (C=O) groups excluding carboxylic acids is 1. The Balaban J connectivity index is 1.85. The molecule has 0 aliphatic carbocycles. The maximum atomic E-state index is 14.4. The number of carbonyl (C=O) groups is 1. The second-order valence-electron chi connectivity index (χ2n) is 8.37. The fourth-order valence-corrected chi connectivity index (χ4v) is 5.93. The molecule has 0 saturated carbocycles. The summed E-state index contributed by atoms with van der Waals surface area (Å²) in [5.41, 5.74) is 2.07. The lowest BCUT2D eigenvalue weighted by atomic mass is 9.78. The van der Waals surface area contributed by atoms with Crippen molar-refractivity contribution in [3.05, 3.63) is 143 Å². The Morgan fingerprint density at radius 2 is 0.861 bits per heavy atom. The quantitative estimate of drug-likeness (QED) is 0.142. The molecule has 0 fully saturated rings. The zero-order valence-corrected chi connectivity index (χ0v) is 21.9. The van der Waals surface area contributed by atoms with E-state index < -0.39 is 44.8 Å². The van der Waals surface area contributed by atoms with Gasteiger partial charge in [-0.05, 0) is 70.8 Å². The summed E-state index contributed by atoms with van der Waals surface area (Å²) in [5, 5.41) is 0. The highest BCUT2D eigenvalue weighted by atomic mass is 79.9. The predicted octanol–water partition coefficient (Wildman–Crippen LogP) is 8.95. The zero-order chi connectivity index (χ0) is 25.8. The van der Waals surface area contributed by atoms with Crippen LogP contribution in [0.2, 0.25) is 0 Å². The summed E-state index contributed by atoms with van der Waals surface area (Å²) in [6.45, 7) is 0. The van der Waals surface area contributed by atoms with E-state index in [4.69, 9.17) is 0 Å². The molecule has 4 rings (SSSR count). The summed E-state index contributed by atoms with van der Waals surface area (Å²) in [7, 11) is 0. The summed E-state index contributed by atoms with van der Waals surface area (Å²) < 4.78 is 55.6. The van der Waals surface area contributed by atoms with E-state index in [0.717, 1.165) is 0 Å². The van der Waals surface area contributed by atoms with Gasteiger partial charge in [0.2, 0.25) is 0 Å². The Labute approximate surface area is 223 Å². The van der Waals surface area contributed by atoms with E-state index in [1.54, 1.807) is 24.3 Å². The molecule has 0 heterocycles. The molecule has 4 aromatic rings. The fourth-order valence-electron chi connectivity index (χ4n) is 4.23. The van der Waals surface area contributed by atoms with Crippen LogP contribution in [0.15, 0.2) is 97.1 Å². The third-order valence-electron chi connectivity index (χ3n) is 5.99. The number of hydrogen-bond donors (Lipinski definition) is 0. The summed E-state index contributed by atoms with van der Waals surface area (Å²) in [5.74, 6) is -3.91.